The van der Waals surface area contributed by atoms with E-state index in [0.29, 0.717) is 5.56 Å². The van der Waals surface area contributed by atoms with Gasteiger partial charge in [-0.25, -0.2) is 4.39 Å². The molecule has 3 heteroatoms. The Morgan fingerprint density at radius 1 is 1.42 bits per heavy atom. The molecule has 0 aliphatic heterocycles. The second kappa shape index (κ2) is 3.84. The van der Waals surface area contributed by atoms with Crippen LogP contribution in [0.4, 0.5) is 4.39 Å². The highest BCUT2D eigenvalue weighted by atomic mass is 19.1. The SMILES string of the molecule is N#CC[C@H](O)c1ccc(F)cc1. The Kier molecular flexibility index (Phi) is 2.78. The Hall–Kier alpha value is -1.40. The molecule has 0 aromatic heterocycles. The van der Waals surface area contributed by atoms with E-state index in [-0.39, 0.29) is 12.2 Å². The molecule has 1 aromatic carbocycles. The van der Waals surface area contributed by atoms with Crippen molar-refractivity contribution in [3.63, 3.8) is 0 Å². The van der Waals surface area contributed by atoms with Gasteiger partial charge in [0.2, 0.25) is 0 Å². The molecule has 1 rings (SSSR count). The first-order valence-electron chi connectivity index (χ1n) is 3.54. The summed E-state index contributed by atoms with van der Waals surface area (Å²) >= 11 is 0. The van der Waals surface area contributed by atoms with Crippen LogP contribution in [0.25, 0.3) is 0 Å². The van der Waals surface area contributed by atoms with Gasteiger partial charge in [0.25, 0.3) is 0 Å². The number of rotatable bonds is 2. The quantitative estimate of drug-likeness (QED) is 0.725. The van der Waals surface area contributed by atoms with Crippen molar-refractivity contribution in [2.75, 3.05) is 0 Å². The fourth-order valence-corrected chi connectivity index (χ4v) is 0.889. The molecule has 0 heterocycles. The number of aliphatic hydroxyl groups is 1. The molecule has 0 bridgehead atoms. The number of hydrogen-bond acceptors (Lipinski definition) is 2. The van der Waals surface area contributed by atoms with Crippen molar-refractivity contribution < 1.29 is 9.50 Å². The van der Waals surface area contributed by atoms with Crippen LogP contribution in [0.5, 0.6) is 0 Å². The van der Waals surface area contributed by atoms with Crippen molar-refractivity contribution in [2.45, 2.75) is 12.5 Å². The third kappa shape index (κ3) is 2.04. The molecule has 62 valence electrons. The molecule has 0 radical (unpaired) electrons. The summed E-state index contributed by atoms with van der Waals surface area (Å²) in [5.74, 6) is -0.345. The normalized spacial score (nSPS) is 12.1. The van der Waals surface area contributed by atoms with Gasteiger partial charge in [0.05, 0.1) is 18.6 Å². The molecule has 12 heavy (non-hydrogen) atoms. The van der Waals surface area contributed by atoms with E-state index >= 15 is 0 Å². The standard InChI is InChI=1S/C9H8FNO/c10-8-3-1-7(2-4-8)9(12)5-6-11/h1-4,9,12H,5H2/t9-/m0/s1. The number of halogens is 1. The highest BCUT2D eigenvalue weighted by Crippen LogP contribution is 2.15. The molecule has 1 N–H and O–H groups in total. The predicted octanol–water partition coefficient (Wildman–Crippen LogP) is 1.77. The van der Waals surface area contributed by atoms with Gasteiger partial charge in [0, 0.05) is 0 Å². The minimum Gasteiger partial charge on any atom is -0.387 e. The van der Waals surface area contributed by atoms with Crippen LogP contribution < -0.4 is 0 Å². The molecule has 0 fully saturated rings. The first-order valence-corrected chi connectivity index (χ1v) is 3.54. The number of benzene rings is 1. The van der Waals surface area contributed by atoms with Crippen LogP contribution in [0.2, 0.25) is 0 Å². The lowest BCUT2D eigenvalue weighted by Gasteiger charge is -2.05. The molecule has 1 atom stereocenters. The zero-order valence-electron chi connectivity index (χ0n) is 6.37. The Bertz CT molecular complexity index is 288. The van der Waals surface area contributed by atoms with Gasteiger partial charge in [-0.2, -0.15) is 5.26 Å². The van der Waals surface area contributed by atoms with Crippen molar-refractivity contribution in [1.29, 1.82) is 5.26 Å². The lowest BCUT2D eigenvalue weighted by Crippen LogP contribution is -1.95. The van der Waals surface area contributed by atoms with Gasteiger partial charge in [0.1, 0.15) is 5.82 Å². The first kappa shape index (κ1) is 8.69. The third-order valence-corrected chi connectivity index (χ3v) is 1.54. The summed E-state index contributed by atoms with van der Waals surface area (Å²) < 4.78 is 12.4. The fraction of sp³-hybridized carbons (Fsp3) is 0.222. The summed E-state index contributed by atoms with van der Waals surface area (Å²) in [5.41, 5.74) is 0.568. The van der Waals surface area contributed by atoms with E-state index in [1.165, 1.54) is 24.3 Å². The summed E-state index contributed by atoms with van der Waals surface area (Å²) in [4.78, 5) is 0. The zero-order valence-corrected chi connectivity index (χ0v) is 6.37. The minimum absolute atomic E-state index is 0.0334. The fourth-order valence-electron chi connectivity index (χ4n) is 0.889. The van der Waals surface area contributed by atoms with Crippen LogP contribution in [-0.4, -0.2) is 5.11 Å². The van der Waals surface area contributed by atoms with E-state index in [1.807, 2.05) is 6.07 Å². The van der Waals surface area contributed by atoms with Gasteiger partial charge in [0.15, 0.2) is 0 Å². The number of hydrogen-bond donors (Lipinski definition) is 1. The average Bonchev–Trinajstić information content (AvgIpc) is 2.06. The van der Waals surface area contributed by atoms with Crippen LogP contribution in [0, 0.1) is 17.1 Å². The molecule has 0 saturated carbocycles. The average molecular weight is 165 g/mol. The highest BCUT2D eigenvalue weighted by Gasteiger charge is 2.05. The summed E-state index contributed by atoms with van der Waals surface area (Å²) in [5, 5.41) is 17.5. The van der Waals surface area contributed by atoms with E-state index in [0.717, 1.165) is 0 Å². The number of aliphatic hydroxyl groups excluding tert-OH is 1. The Balaban J connectivity index is 2.76. The van der Waals surface area contributed by atoms with Crippen molar-refractivity contribution in [3.05, 3.63) is 35.6 Å². The van der Waals surface area contributed by atoms with Gasteiger partial charge in [-0.1, -0.05) is 12.1 Å². The molecule has 1 aromatic rings. The Morgan fingerprint density at radius 2 is 2.00 bits per heavy atom. The molecule has 0 saturated heterocycles. The van der Waals surface area contributed by atoms with Crippen LogP contribution in [0.1, 0.15) is 18.1 Å². The van der Waals surface area contributed by atoms with Crippen LogP contribution in [0.15, 0.2) is 24.3 Å². The topological polar surface area (TPSA) is 44.0 Å². The van der Waals surface area contributed by atoms with Crippen molar-refractivity contribution >= 4 is 0 Å². The maximum absolute atomic E-state index is 12.4. The van der Waals surface area contributed by atoms with Crippen molar-refractivity contribution in [2.24, 2.45) is 0 Å². The maximum Gasteiger partial charge on any atom is 0.123 e. The molecule has 0 spiro atoms. The van der Waals surface area contributed by atoms with Gasteiger partial charge >= 0.3 is 0 Å². The third-order valence-electron chi connectivity index (χ3n) is 1.54. The van der Waals surface area contributed by atoms with Gasteiger partial charge in [-0.05, 0) is 17.7 Å². The van der Waals surface area contributed by atoms with Gasteiger partial charge in [-0.15, -0.1) is 0 Å². The molecular formula is C9H8FNO. The van der Waals surface area contributed by atoms with E-state index < -0.39 is 6.10 Å². The molecule has 2 nitrogen and oxygen atoms in total. The van der Waals surface area contributed by atoms with Gasteiger partial charge < -0.3 is 5.11 Å². The summed E-state index contributed by atoms with van der Waals surface area (Å²) in [6.45, 7) is 0. The Morgan fingerprint density at radius 3 is 2.50 bits per heavy atom. The minimum atomic E-state index is -0.810. The Labute approximate surface area is 69.9 Å². The predicted molar refractivity (Wildman–Crippen MR) is 41.6 cm³/mol. The van der Waals surface area contributed by atoms with Crippen LogP contribution in [-0.2, 0) is 0 Å². The molecule has 0 unspecified atom stereocenters. The lowest BCUT2D eigenvalue weighted by molar-refractivity contribution is 0.183. The first-order chi connectivity index (χ1) is 5.74. The van der Waals surface area contributed by atoms with Crippen LogP contribution in [0.3, 0.4) is 0 Å². The van der Waals surface area contributed by atoms with Crippen molar-refractivity contribution in [3.8, 4) is 6.07 Å². The number of nitriles is 1. The van der Waals surface area contributed by atoms with Gasteiger partial charge in [-0.3, -0.25) is 0 Å². The maximum atomic E-state index is 12.4. The highest BCUT2D eigenvalue weighted by molar-refractivity contribution is 5.19. The molecule has 0 aliphatic carbocycles. The summed E-state index contributed by atoms with van der Waals surface area (Å²) in [7, 11) is 0. The lowest BCUT2D eigenvalue weighted by atomic mass is 10.1. The zero-order chi connectivity index (χ0) is 8.97. The van der Waals surface area contributed by atoms with Crippen LogP contribution >= 0.6 is 0 Å². The van der Waals surface area contributed by atoms with E-state index in [9.17, 15) is 9.50 Å². The summed E-state index contributed by atoms with van der Waals surface area (Å²) in [6.07, 6.45) is -0.776. The monoisotopic (exact) mass is 165 g/mol. The van der Waals surface area contributed by atoms with E-state index in [2.05, 4.69) is 0 Å². The largest absolute Gasteiger partial charge is 0.387 e. The molecule has 0 aliphatic rings. The second-order valence-electron chi connectivity index (χ2n) is 2.43. The van der Waals surface area contributed by atoms with E-state index in [4.69, 9.17) is 5.26 Å². The number of nitrogens with zero attached hydrogens (tertiary/aromatic N) is 1. The van der Waals surface area contributed by atoms with E-state index in [1.54, 1.807) is 0 Å². The summed E-state index contributed by atoms with van der Waals surface area (Å²) in [6, 6.07) is 7.30. The molecular weight excluding hydrogens is 157 g/mol. The molecule has 0 amide bonds. The van der Waals surface area contributed by atoms with Crippen molar-refractivity contribution in [1.82, 2.24) is 0 Å². The second-order valence-corrected chi connectivity index (χ2v) is 2.43. The smallest absolute Gasteiger partial charge is 0.123 e.